The van der Waals surface area contributed by atoms with Crippen molar-refractivity contribution in [3.8, 4) is 5.75 Å². The Bertz CT molecular complexity index is 883. The summed E-state index contributed by atoms with van der Waals surface area (Å²) in [6, 6.07) is 7.11. The predicted molar refractivity (Wildman–Crippen MR) is 99.0 cm³/mol. The molecule has 1 aromatic rings. The van der Waals surface area contributed by atoms with Gasteiger partial charge in [-0.15, -0.1) is 0 Å². The Morgan fingerprint density at radius 3 is 2.81 bits per heavy atom. The van der Waals surface area contributed by atoms with Crippen LogP contribution in [-0.2, 0) is 26.0 Å². The molecule has 2 aliphatic heterocycles. The minimum absolute atomic E-state index is 0.0148. The monoisotopic (exact) mass is 411 g/mol. The maximum absolute atomic E-state index is 12.0. The molecule has 2 saturated heterocycles. The lowest BCUT2D eigenvalue weighted by atomic mass is 10.1. The lowest BCUT2D eigenvalue weighted by Gasteiger charge is -2.24. The highest BCUT2D eigenvalue weighted by Crippen LogP contribution is 2.39. The molecule has 1 amide bonds. The van der Waals surface area contributed by atoms with Gasteiger partial charge in [-0.05, 0) is 24.1 Å². The van der Waals surface area contributed by atoms with Gasteiger partial charge in [0.2, 0.25) is 5.91 Å². The van der Waals surface area contributed by atoms with Crippen molar-refractivity contribution in [3.63, 3.8) is 0 Å². The number of benzene rings is 1. The molecule has 10 heteroatoms. The number of rotatable bonds is 6. The highest BCUT2D eigenvalue weighted by atomic mass is 32.2. The van der Waals surface area contributed by atoms with Gasteiger partial charge in [0.05, 0.1) is 24.7 Å². The van der Waals surface area contributed by atoms with Crippen molar-refractivity contribution in [3.05, 3.63) is 29.8 Å². The largest absolute Gasteiger partial charge is 0.550 e. The third-order valence-electron chi connectivity index (χ3n) is 4.43. The molecule has 1 aromatic carbocycles. The summed E-state index contributed by atoms with van der Waals surface area (Å²) >= 11 is 1.27. The minimum Gasteiger partial charge on any atom is -0.550 e. The van der Waals surface area contributed by atoms with Gasteiger partial charge in [0, 0.05) is 24.2 Å². The molecule has 0 saturated carbocycles. The first-order valence-corrected chi connectivity index (χ1v) is 11.1. The van der Waals surface area contributed by atoms with Crippen LogP contribution in [0.15, 0.2) is 29.3 Å². The molecule has 8 nitrogen and oxygen atoms in total. The number of carbonyl (C=O) groups is 2. The number of aliphatic carboxylic acids is 1. The van der Waals surface area contributed by atoms with E-state index in [9.17, 15) is 23.1 Å². The fraction of sp³-hybridized carbons (Fsp3) is 0.471. The van der Waals surface area contributed by atoms with Gasteiger partial charge in [-0.25, -0.2) is 8.42 Å². The Balaban J connectivity index is 1.83. The summed E-state index contributed by atoms with van der Waals surface area (Å²) in [5.74, 6) is -1.12. The summed E-state index contributed by atoms with van der Waals surface area (Å²) < 4.78 is 29.2. The summed E-state index contributed by atoms with van der Waals surface area (Å²) in [4.78, 5) is 28.4. The number of carbonyl (C=O) groups excluding carboxylic acids is 2. The zero-order valence-corrected chi connectivity index (χ0v) is 16.3. The van der Waals surface area contributed by atoms with Gasteiger partial charge >= 0.3 is 0 Å². The summed E-state index contributed by atoms with van der Waals surface area (Å²) in [5, 5.41) is 10.8. The second kappa shape index (κ2) is 7.89. The number of hydrogen-bond donors (Lipinski definition) is 0. The molecule has 0 radical (unpaired) electrons. The van der Waals surface area contributed by atoms with Gasteiger partial charge in [-0.2, -0.15) is 4.99 Å². The molecule has 2 aliphatic rings. The van der Waals surface area contributed by atoms with Gasteiger partial charge in [-0.1, -0.05) is 23.9 Å². The van der Waals surface area contributed by atoms with Crippen LogP contribution in [0.3, 0.4) is 0 Å². The molecular weight excluding hydrogens is 392 g/mol. The average Bonchev–Trinajstić information content (AvgIpc) is 3.06. The molecule has 0 aliphatic carbocycles. The van der Waals surface area contributed by atoms with Crippen LogP contribution in [-0.4, -0.2) is 60.3 Å². The molecule has 0 N–H and O–H groups in total. The quantitative estimate of drug-likeness (QED) is 0.633. The van der Waals surface area contributed by atoms with Crippen LogP contribution in [0.5, 0.6) is 5.75 Å². The second-order valence-electron chi connectivity index (χ2n) is 6.44. The van der Waals surface area contributed by atoms with E-state index >= 15 is 0 Å². The van der Waals surface area contributed by atoms with E-state index in [1.165, 1.54) is 11.8 Å². The van der Waals surface area contributed by atoms with Crippen LogP contribution in [0.4, 0.5) is 0 Å². The fourth-order valence-corrected chi connectivity index (χ4v) is 7.13. The van der Waals surface area contributed by atoms with E-state index in [1.807, 2.05) is 29.2 Å². The molecule has 2 atom stereocenters. The van der Waals surface area contributed by atoms with Crippen molar-refractivity contribution in [1.29, 1.82) is 0 Å². The Labute approximate surface area is 161 Å². The molecule has 0 aromatic heterocycles. The van der Waals surface area contributed by atoms with Crippen LogP contribution < -0.4 is 9.84 Å². The molecular formula is C17H19N2O6S2-. The lowest BCUT2D eigenvalue weighted by molar-refractivity contribution is -0.305. The maximum atomic E-state index is 12.0. The first-order valence-electron chi connectivity index (χ1n) is 8.35. The number of amides is 1. The van der Waals surface area contributed by atoms with E-state index in [2.05, 4.69) is 4.99 Å². The molecule has 0 bridgehead atoms. The number of amidine groups is 1. The number of hydrogen-bond acceptors (Lipinski definition) is 7. The average molecular weight is 411 g/mol. The van der Waals surface area contributed by atoms with E-state index in [0.29, 0.717) is 17.5 Å². The number of carboxylic acids is 1. The van der Waals surface area contributed by atoms with Crippen LogP contribution >= 0.6 is 11.8 Å². The molecule has 0 unspecified atom stereocenters. The number of fused-ring (bicyclic) bond motifs is 1. The normalized spacial score (nSPS) is 24.8. The van der Waals surface area contributed by atoms with Gasteiger partial charge in [0.1, 0.15) is 5.75 Å². The van der Waals surface area contributed by atoms with Crippen LogP contribution in [0.2, 0.25) is 0 Å². The molecule has 3 rings (SSSR count). The summed E-state index contributed by atoms with van der Waals surface area (Å²) in [6.07, 6.45) is -0.634. The van der Waals surface area contributed by atoms with Gasteiger partial charge in [0.25, 0.3) is 0 Å². The highest BCUT2D eigenvalue weighted by Gasteiger charge is 2.48. The maximum Gasteiger partial charge on any atom is 0.248 e. The van der Waals surface area contributed by atoms with Crippen molar-refractivity contribution in [1.82, 2.24) is 4.90 Å². The molecule has 27 heavy (non-hydrogen) atoms. The van der Waals surface area contributed by atoms with E-state index in [4.69, 9.17) is 4.74 Å². The number of nitrogens with zero attached hydrogens (tertiary/aromatic N) is 2. The van der Waals surface area contributed by atoms with Crippen molar-refractivity contribution in [2.24, 2.45) is 4.99 Å². The third kappa shape index (κ3) is 4.81. The number of carboxylic acid groups (broad SMARTS) is 1. The molecule has 146 valence electrons. The van der Waals surface area contributed by atoms with Crippen molar-refractivity contribution in [2.75, 3.05) is 18.6 Å². The first-order chi connectivity index (χ1) is 12.8. The van der Waals surface area contributed by atoms with Gasteiger partial charge < -0.3 is 19.5 Å². The van der Waals surface area contributed by atoms with E-state index in [-0.39, 0.29) is 29.2 Å². The van der Waals surface area contributed by atoms with Crippen molar-refractivity contribution < 1.29 is 27.9 Å². The van der Waals surface area contributed by atoms with E-state index in [1.54, 1.807) is 7.11 Å². The molecule has 0 spiro atoms. The molecule has 2 heterocycles. The van der Waals surface area contributed by atoms with Gasteiger partial charge in [-0.3, -0.25) is 4.79 Å². The van der Waals surface area contributed by atoms with E-state index in [0.717, 1.165) is 5.56 Å². The van der Waals surface area contributed by atoms with Crippen LogP contribution in [0.25, 0.3) is 0 Å². The Morgan fingerprint density at radius 1 is 1.33 bits per heavy atom. The first kappa shape index (κ1) is 19.7. The number of methoxy groups -OCH3 is 1. The Kier molecular flexibility index (Phi) is 5.75. The SMILES string of the molecule is COc1cccc(CN2C(=NC(=O)CCC(=O)[O-])S[C@@H]3CS(=O)(=O)C[C@H]32)c1. The number of ether oxygens (including phenoxy) is 1. The number of thioether (sulfide) groups is 1. The standard InChI is InChI=1S/C17H20N2O6S2/c1-25-12-4-2-3-11(7-12)8-19-13-9-27(23,24)10-14(13)26-17(19)18-15(20)5-6-16(21)22/h2-4,7,13-14H,5-6,8-10H2,1H3,(H,21,22)/p-1/t13-,14-/m1/s1. The topological polar surface area (TPSA) is 116 Å². The minimum atomic E-state index is -3.13. The number of sulfone groups is 1. The Hall–Kier alpha value is -2.07. The van der Waals surface area contributed by atoms with Crippen LogP contribution in [0.1, 0.15) is 18.4 Å². The number of aliphatic imine (C=N–C) groups is 1. The smallest absolute Gasteiger partial charge is 0.248 e. The van der Waals surface area contributed by atoms with Crippen molar-refractivity contribution >= 4 is 38.6 Å². The van der Waals surface area contributed by atoms with Gasteiger partial charge in [0.15, 0.2) is 15.0 Å². The zero-order chi connectivity index (χ0) is 19.6. The summed E-state index contributed by atoms with van der Waals surface area (Å²) in [5.41, 5.74) is 0.898. The fourth-order valence-electron chi connectivity index (χ4n) is 3.16. The zero-order valence-electron chi connectivity index (χ0n) is 14.7. The molecule has 2 fully saturated rings. The summed E-state index contributed by atoms with van der Waals surface area (Å²) in [7, 11) is -1.57. The predicted octanol–water partition coefficient (Wildman–Crippen LogP) is -0.178. The van der Waals surface area contributed by atoms with Crippen LogP contribution in [0, 0.1) is 0 Å². The van der Waals surface area contributed by atoms with E-state index < -0.39 is 28.1 Å². The van der Waals surface area contributed by atoms with Crippen molar-refractivity contribution in [2.45, 2.75) is 30.7 Å². The highest BCUT2D eigenvalue weighted by molar-refractivity contribution is 8.15. The Morgan fingerprint density at radius 2 is 2.11 bits per heavy atom. The summed E-state index contributed by atoms with van der Waals surface area (Å²) in [6.45, 7) is 0.382. The lowest BCUT2D eigenvalue weighted by Crippen LogP contribution is -2.37. The second-order valence-corrected chi connectivity index (χ2v) is 9.80. The third-order valence-corrected chi connectivity index (χ3v) is 7.67.